The zero-order valence-corrected chi connectivity index (χ0v) is 12.4. The Morgan fingerprint density at radius 3 is 2.24 bits per heavy atom. The first-order chi connectivity index (χ1) is 7.59. The molecule has 98 valence electrons. The minimum absolute atomic E-state index is 0.111. The summed E-state index contributed by atoms with van der Waals surface area (Å²) in [4.78, 5) is 0. The Morgan fingerprint density at radius 1 is 1.18 bits per heavy atom. The Labute approximate surface area is 106 Å². The molecule has 0 aliphatic rings. The van der Waals surface area contributed by atoms with Crippen molar-refractivity contribution in [2.24, 2.45) is 12.5 Å². The van der Waals surface area contributed by atoms with Gasteiger partial charge in [-0.25, -0.2) is 0 Å². The maximum absolute atomic E-state index is 4.57. The zero-order valence-electron chi connectivity index (χ0n) is 12.4. The summed E-state index contributed by atoms with van der Waals surface area (Å²) in [5.41, 5.74) is 2.94. The maximum atomic E-state index is 4.57. The molecule has 0 saturated carbocycles. The Morgan fingerprint density at radius 2 is 1.76 bits per heavy atom. The number of hydrogen-bond donors (Lipinski definition) is 1. The molecule has 0 fully saturated rings. The summed E-state index contributed by atoms with van der Waals surface area (Å²) in [6.45, 7) is 15.3. The van der Waals surface area contributed by atoms with Crippen molar-refractivity contribution in [1.29, 1.82) is 0 Å². The fourth-order valence-electron chi connectivity index (χ4n) is 1.87. The lowest BCUT2D eigenvalue weighted by Crippen LogP contribution is -2.27. The predicted octanol–water partition coefficient (Wildman–Crippen LogP) is 2.85. The molecule has 1 aromatic rings. The highest BCUT2D eigenvalue weighted by Crippen LogP contribution is 2.24. The van der Waals surface area contributed by atoms with E-state index in [9.17, 15) is 0 Å². The lowest BCUT2D eigenvalue weighted by Gasteiger charge is -2.20. The second-order valence-electron chi connectivity index (χ2n) is 7.09. The first kappa shape index (κ1) is 14.2. The number of nitrogens with zero attached hydrogens (tertiary/aromatic N) is 2. The van der Waals surface area contributed by atoms with Crippen LogP contribution in [0.1, 0.15) is 52.8 Å². The van der Waals surface area contributed by atoms with Gasteiger partial charge in [0.2, 0.25) is 0 Å². The molecule has 1 heterocycles. The summed E-state index contributed by atoms with van der Waals surface area (Å²) < 4.78 is 1.91. The van der Waals surface area contributed by atoms with Gasteiger partial charge in [-0.1, -0.05) is 41.5 Å². The van der Waals surface area contributed by atoms with E-state index in [0.29, 0.717) is 5.41 Å². The monoisotopic (exact) mass is 237 g/mol. The van der Waals surface area contributed by atoms with Gasteiger partial charge in [0.05, 0.1) is 5.69 Å². The normalized spacial score (nSPS) is 13.1. The average Bonchev–Trinajstić information content (AvgIpc) is 2.43. The van der Waals surface area contributed by atoms with Crippen molar-refractivity contribution in [1.82, 2.24) is 15.1 Å². The lowest BCUT2D eigenvalue weighted by atomic mass is 9.89. The van der Waals surface area contributed by atoms with Crippen LogP contribution in [0.3, 0.4) is 0 Å². The molecule has 0 aromatic carbocycles. The largest absolute Gasteiger partial charge is 0.312 e. The van der Waals surface area contributed by atoms with Crippen molar-refractivity contribution >= 4 is 0 Å². The van der Waals surface area contributed by atoms with Gasteiger partial charge in [0.25, 0.3) is 0 Å². The zero-order chi connectivity index (χ0) is 13.3. The molecule has 0 atom stereocenters. The Bertz CT molecular complexity index is 364. The third-order valence-electron chi connectivity index (χ3n) is 2.59. The minimum Gasteiger partial charge on any atom is -0.312 e. The molecular formula is C14H27N3. The molecule has 3 nitrogen and oxygen atoms in total. The Kier molecular flexibility index (Phi) is 4.03. The number of hydrogen-bond acceptors (Lipinski definition) is 2. The van der Waals surface area contributed by atoms with E-state index in [1.54, 1.807) is 0 Å². The molecule has 0 saturated heterocycles. The van der Waals surface area contributed by atoms with Crippen molar-refractivity contribution < 1.29 is 0 Å². The Balaban J connectivity index is 2.71. The third kappa shape index (κ3) is 4.50. The van der Waals surface area contributed by atoms with Gasteiger partial charge in [-0.3, -0.25) is 4.68 Å². The van der Waals surface area contributed by atoms with Crippen LogP contribution < -0.4 is 5.32 Å². The first-order valence-electron chi connectivity index (χ1n) is 6.33. The number of nitrogens with one attached hydrogen (secondary N) is 1. The number of aromatic nitrogens is 2. The van der Waals surface area contributed by atoms with Crippen LogP contribution in [0.25, 0.3) is 0 Å². The van der Waals surface area contributed by atoms with Crippen molar-refractivity contribution in [3.8, 4) is 0 Å². The van der Waals surface area contributed by atoms with Crippen LogP contribution in [-0.4, -0.2) is 16.3 Å². The molecule has 1 N–H and O–H groups in total. The van der Waals surface area contributed by atoms with Gasteiger partial charge < -0.3 is 5.32 Å². The highest BCUT2D eigenvalue weighted by molar-refractivity contribution is 5.23. The lowest BCUT2D eigenvalue weighted by molar-refractivity contribution is 0.378. The van der Waals surface area contributed by atoms with Gasteiger partial charge in [0.15, 0.2) is 0 Å². The van der Waals surface area contributed by atoms with Gasteiger partial charge in [0, 0.05) is 37.3 Å². The van der Waals surface area contributed by atoms with Gasteiger partial charge in [0.1, 0.15) is 0 Å². The van der Waals surface area contributed by atoms with E-state index in [2.05, 4.69) is 58.2 Å². The second kappa shape index (κ2) is 4.81. The third-order valence-corrected chi connectivity index (χ3v) is 2.59. The maximum Gasteiger partial charge on any atom is 0.0722 e. The summed E-state index contributed by atoms with van der Waals surface area (Å²) in [5, 5.41) is 8.09. The molecule has 0 unspecified atom stereocenters. The van der Waals surface area contributed by atoms with Crippen LogP contribution in [0.2, 0.25) is 0 Å². The molecule has 0 aliphatic heterocycles. The quantitative estimate of drug-likeness (QED) is 0.876. The van der Waals surface area contributed by atoms with E-state index in [-0.39, 0.29) is 5.41 Å². The van der Waals surface area contributed by atoms with Crippen LogP contribution in [-0.2, 0) is 19.0 Å². The van der Waals surface area contributed by atoms with E-state index in [1.165, 1.54) is 11.3 Å². The van der Waals surface area contributed by atoms with Crippen molar-refractivity contribution in [2.45, 2.75) is 53.5 Å². The van der Waals surface area contributed by atoms with E-state index in [0.717, 1.165) is 13.1 Å². The summed E-state index contributed by atoms with van der Waals surface area (Å²) in [5.74, 6) is 0. The SMILES string of the molecule is Cn1cc(CNCC(C)(C)C)c(C(C)(C)C)n1. The highest BCUT2D eigenvalue weighted by Gasteiger charge is 2.21. The first-order valence-corrected chi connectivity index (χ1v) is 6.33. The van der Waals surface area contributed by atoms with Crippen LogP contribution >= 0.6 is 0 Å². The molecule has 0 bridgehead atoms. The van der Waals surface area contributed by atoms with E-state index < -0.39 is 0 Å². The number of rotatable bonds is 3. The topological polar surface area (TPSA) is 29.9 Å². The molecule has 0 spiro atoms. The molecule has 3 heteroatoms. The van der Waals surface area contributed by atoms with Gasteiger partial charge >= 0.3 is 0 Å². The smallest absolute Gasteiger partial charge is 0.0722 e. The van der Waals surface area contributed by atoms with Crippen LogP contribution in [0.4, 0.5) is 0 Å². The molecule has 0 radical (unpaired) electrons. The molecule has 0 amide bonds. The molecule has 17 heavy (non-hydrogen) atoms. The van der Waals surface area contributed by atoms with Crippen LogP contribution in [0.15, 0.2) is 6.20 Å². The Hall–Kier alpha value is -0.830. The fourth-order valence-corrected chi connectivity index (χ4v) is 1.87. The van der Waals surface area contributed by atoms with Gasteiger partial charge in [-0.05, 0) is 5.41 Å². The average molecular weight is 237 g/mol. The van der Waals surface area contributed by atoms with Crippen molar-refractivity contribution in [3.63, 3.8) is 0 Å². The predicted molar refractivity (Wildman–Crippen MR) is 73.1 cm³/mol. The molecule has 1 aromatic heterocycles. The highest BCUT2D eigenvalue weighted by atomic mass is 15.3. The summed E-state index contributed by atoms with van der Waals surface area (Å²) in [6, 6.07) is 0. The van der Waals surface area contributed by atoms with Crippen molar-refractivity contribution in [3.05, 3.63) is 17.5 Å². The van der Waals surface area contributed by atoms with E-state index in [1.807, 2.05) is 11.7 Å². The van der Waals surface area contributed by atoms with E-state index in [4.69, 9.17) is 0 Å². The summed E-state index contributed by atoms with van der Waals surface area (Å²) in [7, 11) is 1.99. The standard InChI is InChI=1S/C14H27N3/c1-13(2,3)10-15-8-11-9-17(7)16-12(11)14(4,5)6/h9,15H,8,10H2,1-7H3. The van der Waals surface area contributed by atoms with Gasteiger partial charge in [-0.15, -0.1) is 0 Å². The number of aryl methyl sites for hydroxylation is 1. The minimum atomic E-state index is 0.111. The molecule has 0 aliphatic carbocycles. The molecular weight excluding hydrogens is 210 g/mol. The summed E-state index contributed by atoms with van der Waals surface area (Å²) >= 11 is 0. The molecule has 1 rings (SSSR count). The van der Waals surface area contributed by atoms with Crippen LogP contribution in [0, 0.1) is 5.41 Å². The van der Waals surface area contributed by atoms with Gasteiger partial charge in [-0.2, -0.15) is 5.10 Å². The van der Waals surface area contributed by atoms with Crippen molar-refractivity contribution in [2.75, 3.05) is 6.54 Å². The second-order valence-corrected chi connectivity index (χ2v) is 7.09. The van der Waals surface area contributed by atoms with E-state index >= 15 is 0 Å². The summed E-state index contributed by atoms with van der Waals surface area (Å²) in [6.07, 6.45) is 2.12. The van der Waals surface area contributed by atoms with Crippen LogP contribution in [0.5, 0.6) is 0 Å². The fraction of sp³-hybridized carbons (Fsp3) is 0.786.